The molecule has 0 bridgehead atoms. The number of anilines is 1. The third-order valence-corrected chi connectivity index (χ3v) is 4.69. The fraction of sp³-hybridized carbons (Fsp3) is 0.667. The summed E-state index contributed by atoms with van der Waals surface area (Å²) in [5, 5.41) is 4.17. The number of halogens is 1. The molecular formula is C15H24ClN3S. The molecule has 5 heteroatoms. The average Bonchev–Trinajstić information content (AvgIpc) is 2.69. The van der Waals surface area contributed by atoms with Crippen molar-refractivity contribution in [3.8, 4) is 0 Å². The van der Waals surface area contributed by atoms with Gasteiger partial charge in [0.25, 0.3) is 0 Å². The Kier molecular flexibility index (Phi) is 6.46. The maximum absolute atomic E-state index is 6.26. The first-order chi connectivity index (χ1) is 9.66. The molecule has 20 heavy (non-hydrogen) atoms. The highest BCUT2D eigenvalue weighted by Gasteiger charge is 2.13. The van der Waals surface area contributed by atoms with Crippen LogP contribution in [0.5, 0.6) is 0 Å². The van der Waals surface area contributed by atoms with Gasteiger partial charge in [0, 0.05) is 25.4 Å². The molecular weight excluding hydrogens is 290 g/mol. The zero-order valence-corrected chi connectivity index (χ0v) is 13.9. The molecule has 1 N–H and O–H groups in total. The molecule has 1 aliphatic rings. The third kappa shape index (κ3) is 4.83. The van der Waals surface area contributed by atoms with Crippen LogP contribution in [0.25, 0.3) is 0 Å². The Bertz CT molecular complexity index is 418. The van der Waals surface area contributed by atoms with Gasteiger partial charge in [-0.05, 0) is 36.8 Å². The molecule has 3 nitrogen and oxygen atoms in total. The van der Waals surface area contributed by atoms with Crippen LogP contribution in [0, 0.1) is 5.92 Å². The molecule has 0 spiro atoms. The predicted octanol–water partition coefficient (Wildman–Crippen LogP) is 3.42. The zero-order chi connectivity index (χ0) is 14.4. The van der Waals surface area contributed by atoms with Gasteiger partial charge in [-0.15, -0.1) is 0 Å². The quantitative estimate of drug-likeness (QED) is 0.901. The normalized spacial score (nSPS) is 16.5. The largest absolute Gasteiger partial charge is 0.356 e. The summed E-state index contributed by atoms with van der Waals surface area (Å²) in [5.74, 6) is 4.15. The van der Waals surface area contributed by atoms with Crippen LogP contribution in [0.2, 0.25) is 5.02 Å². The van der Waals surface area contributed by atoms with Gasteiger partial charge in [0.05, 0.1) is 10.7 Å². The lowest BCUT2D eigenvalue weighted by Crippen LogP contribution is -2.27. The molecule has 1 aromatic heterocycles. The lowest BCUT2D eigenvalue weighted by Gasteiger charge is -2.22. The van der Waals surface area contributed by atoms with E-state index in [0.29, 0.717) is 5.92 Å². The molecule has 1 aromatic rings. The second-order valence-corrected chi connectivity index (χ2v) is 7.21. The van der Waals surface area contributed by atoms with Gasteiger partial charge < -0.3 is 10.2 Å². The summed E-state index contributed by atoms with van der Waals surface area (Å²) in [6.45, 7) is 8.31. The van der Waals surface area contributed by atoms with E-state index in [1.165, 1.54) is 17.9 Å². The fourth-order valence-corrected chi connectivity index (χ4v) is 3.29. The van der Waals surface area contributed by atoms with Crippen LogP contribution >= 0.6 is 23.4 Å². The van der Waals surface area contributed by atoms with Crippen molar-refractivity contribution >= 4 is 29.2 Å². The van der Waals surface area contributed by atoms with Crippen molar-refractivity contribution in [1.82, 2.24) is 10.3 Å². The van der Waals surface area contributed by atoms with E-state index in [1.54, 1.807) is 0 Å². The van der Waals surface area contributed by atoms with Gasteiger partial charge in [-0.3, -0.25) is 0 Å². The van der Waals surface area contributed by atoms with E-state index in [1.807, 2.05) is 23.9 Å². The number of pyridine rings is 1. The van der Waals surface area contributed by atoms with Gasteiger partial charge in [-0.25, -0.2) is 4.98 Å². The first kappa shape index (κ1) is 15.9. The second kappa shape index (κ2) is 8.11. The minimum atomic E-state index is 0.639. The topological polar surface area (TPSA) is 28.2 Å². The standard InChI is InChI=1S/C15H24ClN3S/c1-12(2)10-17-11-14-13(16)4-5-15(18-14)19-6-3-8-20-9-7-19/h4-5,12,17H,3,6-11H2,1-2H3. The highest BCUT2D eigenvalue weighted by molar-refractivity contribution is 7.99. The molecule has 0 amide bonds. The fourth-order valence-electron chi connectivity index (χ4n) is 2.23. The van der Waals surface area contributed by atoms with E-state index >= 15 is 0 Å². The Morgan fingerprint density at radius 3 is 3.00 bits per heavy atom. The molecule has 0 saturated carbocycles. The monoisotopic (exact) mass is 313 g/mol. The Hall–Kier alpha value is -0.450. The number of aromatic nitrogens is 1. The van der Waals surface area contributed by atoms with Crippen LogP contribution in [-0.4, -0.2) is 36.1 Å². The Morgan fingerprint density at radius 1 is 1.35 bits per heavy atom. The van der Waals surface area contributed by atoms with Crippen molar-refractivity contribution in [1.29, 1.82) is 0 Å². The van der Waals surface area contributed by atoms with Crippen molar-refractivity contribution < 1.29 is 0 Å². The van der Waals surface area contributed by atoms with Crippen LogP contribution in [0.3, 0.4) is 0 Å². The molecule has 1 aliphatic heterocycles. The van der Waals surface area contributed by atoms with E-state index in [0.717, 1.165) is 42.7 Å². The molecule has 2 rings (SSSR count). The van der Waals surface area contributed by atoms with Crippen LogP contribution in [0.1, 0.15) is 26.0 Å². The molecule has 1 saturated heterocycles. The Balaban J connectivity index is 2.02. The number of hydrogen-bond acceptors (Lipinski definition) is 4. The molecule has 0 aliphatic carbocycles. The number of thioether (sulfide) groups is 1. The summed E-state index contributed by atoms with van der Waals surface area (Å²) in [6.07, 6.45) is 1.23. The van der Waals surface area contributed by atoms with Gasteiger partial charge in [-0.1, -0.05) is 25.4 Å². The van der Waals surface area contributed by atoms with E-state index in [4.69, 9.17) is 16.6 Å². The summed E-state index contributed by atoms with van der Waals surface area (Å²) in [7, 11) is 0. The Labute approximate surface area is 131 Å². The van der Waals surface area contributed by atoms with Crippen molar-refractivity contribution in [3.63, 3.8) is 0 Å². The highest BCUT2D eigenvalue weighted by Crippen LogP contribution is 2.21. The number of rotatable bonds is 5. The van der Waals surface area contributed by atoms with Gasteiger partial charge >= 0.3 is 0 Å². The van der Waals surface area contributed by atoms with Crippen molar-refractivity contribution in [2.45, 2.75) is 26.8 Å². The van der Waals surface area contributed by atoms with Crippen LogP contribution < -0.4 is 10.2 Å². The zero-order valence-electron chi connectivity index (χ0n) is 12.4. The maximum atomic E-state index is 6.26. The SMILES string of the molecule is CC(C)CNCc1nc(N2CCCSCC2)ccc1Cl. The lowest BCUT2D eigenvalue weighted by atomic mass is 10.2. The molecule has 0 aromatic carbocycles. The number of nitrogens with one attached hydrogen (secondary N) is 1. The Morgan fingerprint density at radius 2 is 2.20 bits per heavy atom. The summed E-state index contributed by atoms with van der Waals surface area (Å²) in [6, 6.07) is 4.03. The van der Waals surface area contributed by atoms with E-state index in [-0.39, 0.29) is 0 Å². The smallest absolute Gasteiger partial charge is 0.128 e. The van der Waals surface area contributed by atoms with Crippen molar-refractivity contribution in [3.05, 3.63) is 22.8 Å². The van der Waals surface area contributed by atoms with Gasteiger partial charge in [-0.2, -0.15) is 11.8 Å². The first-order valence-corrected chi connectivity index (χ1v) is 8.89. The third-order valence-electron chi connectivity index (χ3n) is 3.30. The number of nitrogens with zero attached hydrogens (tertiary/aromatic N) is 2. The minimum absolute atomic E-state index is 0.639. The summed E-state index contributed by atoms with van der Waals surface area (Å²) in [5.41, 5.74) is 0.960. The first-order valence-electron chi connectivity index (χ1n) is 7.35. The molecule has 1 fully saturated rings. The molecule has 0 radical (unpaired) electrons. The minimum Gasteiger partial charge on any atom is -0.356 e. The second-order valence-electron chi connectivity index (χ2n) is 5.58. The van der Waals surface area contributed by atoms with Crippen molar-refractivity contribution in [2.24, 2.45) is 5.92 Å². The number of hydrogen-bond donors (Lipinski definition) is 1. The van der Waals surface area contributed by atoms with Crippen LogP contribution in [-0.2, 0) is 6.54 Å². The summed E-state index contributed by atoms with van der Waals surface area (Å²) >= 11 is 8.29. The van der Waals surface area contributed by atoms with E-state index in [2.05, 4.69) is 24.1 Å². The summed E-state index contributed by atoms with van der Waals surface area (Å²) in [4.78, 5) is 7.13. The summed E-state index contributed by atoms with van der Waals surface area (Å²) < 4.78 is 0. The van der Waals surface area contributed by atoms with Gasteiger partial charge in [0.15, 0.2) is 0 Å². The molecule has 112 valence electrons. The average molecular weight is 314 g/mol. The van der Waals surface area contributed by atoms with Gasteiger partial charge in [0.2, 0.25) is 0 Å². The molecule has 0 unspecified atom stereocenters. The van der Waals surface area contributed by atoms with Crippen LogP contribution in [0.15, 0.2) is 12.1 Å². The molecule has 0 atom stereocenters. The highest BCUT2D eigenvalue weighted by atomic mass is 35.5. The maximum Gasteiger partial charge on any atom is 0.128 e. The van der Waals surface area contributed by atoms with Gasteiger partial charge in [0.1, 0.15) is 5.82 Å². The molecule has 2 heterocycles. The predicted molar refractivity (Wildman–Crippen MR) is 89.9 cm³/mol. The van der Waals surface area contributed by atoms with Crippen molar-refractivity contribution in [2.75, 3.05) is 36.0 Å². The van der Waals surface area contributed by atoms with E-state index < -0.39 is 0 Å². The van der Waals surface area contributed by atoms with Crippen LogP contribution in [0.4, 0.5) is 5.82 Å². The lowest BCUT2D eigenvalue weighted by molar-refractivity contribution is 0.548. The van der Waals surface area contributed by atoms with E-state index in [9.17, 15) is 0 Å².